The molecule has 0 fully saturated rings. The van der Waals surface area contributed by atoms with Crippen LogP contribution < -0.4 is 4.74 Å². The predicted octanol–water partition coefficient (Wildman–Crippen LogP) is 2.14. The van der Waals surface area contributed by atoms with E-state index in [-0.39, 0.29) is 9.79 Å². The maximum absolute atomic E-state index is 12.1. The summed E-state index contributed by atoms with van der Waals surface area (Å²) in [6.45, 7) is 1.81. The van der Waals surface area contributed by atoms with Gasteiger partial charge in [0.25, 0.3) is 10.1 Å². The molecule has 0 unspecified atom stereocenters. The molecule has 6 nitrogen and oxygen atoms in total. The first-order valence-electron chi connectivity index (χ1n) is 6.57. The first-order chi connectivity index (χ1) is 10.7. The summed E-state index contributed by atoms with van der Waals surface area (Å²) in [5.41, 5.74) is 0.884. The molecular weight excluding hydrogens is 340 g/mol. The molecule has 0 amide bonds. The largest absolute Gasteiger partial charge is 0.497 e. The summed E-state index contributed by atoms with van der Waals surface area (Å²) in [5, 5.41) is 0. The minimum atomic E-state index is -4.13. The molecule has 0 saturated heterocycles. The van der Waals surface area contributed by atoms with Crippen molar-refractivity contribution in [3.63, 3.8) is 0 Å². The molecule has 0 aliphatic heterocycles. The molecule has 0 radical (unpaired) electrons. The Balaban J connectivity index is 2.16. The number of benzene rings is 2. The maximum atomic E-state index is 12.1. The summed E-state index contributed by atoms with van der Waals surface area (Å²) in [4.78, 5) is -0.134. The minimum Gasteiger partial charge on any atom is -0.497 e. The van der Waals surface area contributed by atoms with E-state index in [1.807, 2.05) is 6.92 Å². The average molecular weight is 356 g/mol. The summed E-state index contributed by atoms with van der Waals surface area (Å²) >= 11 is 0. The molecule has 0 atom stereocenters. The molecule has 2 aromatic carbocycles. The molecule has 0 heterocycles. The molecule has 0 saturated carbocycles. The third-order valence-electron chi connectivity index (χ3n) is 3.09. The van der Waals surface area contributed by atoms with Crippen LogP contribution in [0.15, 0.2) is 58.3 Å². The van der Waals surface area contributed by atoms with E-state index < -0.39 is 25.9 Å². The zero-order valence-electron chi connectivity index (χ0n) is 12.6. The van der Waals surface area contributed by atoms with Crippen molar-refractivity contribution in [3.8, 4) is 5.75 Å². The van der Waals surface area contributed by atoms with Gasteiger partial charge in [-0.15, -0.1) is 0 Å². The Morgan fingerprint density at radius 2 is 1.35 bits per heavy atom. The Labute approximate surface area is 135 Å². The Hall–Kier alpha value is -1.90. The topological polar surface area (TPSA) is 86.7 Å². The molecule has 0 bridgehead atoms. The van der Waals surface area contributed by atoms with E-state index >= 15 is 0 Å². The van der Waals surface area contributed by atoms with Crippen molar-refractivity contribution in [1.82, 2.24) is 0 Å². The smallest absolute Gasteiger partial charge is 0.297 e. The van der Waals surface area contributed by atoms with Gasteiger partial charge in [-0.05, 0) is 43.3 Å². The first kappa shape index (κ1) is 17.5. The normalized spacial score (nSPS) is 12.1. The van der Waals surface area contributed by atoms with Gasteiger partial charge >= 0.3 is 0 Å². The van der Waals surface area contributed by atoms with Gasteiger partial charge in [-0.1, -0.05) is 17.7 Å². The zero-order valence-corrected chi connectivity index (χ0v) is 14.2. The van der Waals surface area contributed by atoms with Gasteiger partial charge in [0.2, 0.25) is 9.84 Å². The fourth-order valence-electron chi connectivity index (χ4n) is 1.75. The number of aryl methyl sites for hydroxylation is 1. The molecule has 0 aliphatic rings. The van der Waals surface area contributed by atoms with Crippen molar-refractivity contribution in [1.29, 1.82) is 0 Å². The third-order valence-corrected chi connectivity index (χ3v) is 5.93. The Morgan fingerprint density at radius 3 is 1.87 bits per heavy atom. The van der Waals surface area contributed by atoms with Gasteiger partial charge in [0, 0.05) is 0 Å². The van der Waals surface area contributed by atoms with Crippen LogP contribution in [-0.2, 0) is 24.1 Å². The SMILES string of the molecule is COc1ccc(S(=O)(=O)COS(=O)(=O)c2ccc(C)cc2)cc1. The van der Waals surface area contributed by atoms with Crippen LogP contribution in [0.1, 0.15) is 5.56 Å². The van der Waals surface area contributed by atoms with Gasteiger partial charge in [0.05, 0.1) is 16.9 Å². The molecule has 0 spiro atoms. The predicted molar refractivity (Wildman–Crippen MR) is 84.5 cm³/mol. The van der Waals surface area contributed by atoms with E-state index in [0.717, 1.165) is 5.56 Å². The van der Waals surface area contributed by atoms with Crippen molar-refractivity contribution in [2.24, 2.45) is 0 Å². The lowest BCUT2D eigenvalue weighted by molar-refractivity contribution is 0.368. The van der Waals surface area contributed by atoms with Gasteiger partial charge in [-0.3, -0.25) is 0 Å². The highest BCUT2D eigenvalue weighted by atomic mass is 32.2. The Bertz CT molecular complexity index is 867. The number of methoxy groups -OCH3 is 1. The summed E-state index contributed by atoms with van der Waals surface area (Å²) in [5.74, 6) is -0.465. The maximum Gasteiger partial charge on any atom is 0.297 e. The van der Waals surface area contributed by atoms with Crippen LogP contribution in [0.2, 0.25) is 0 Å². The molecule has 0 N–H and O–H groups in total. The van der Waals surface area contributed by atoms with Crippen LogP contribution in [0, 0.1) is 6.92 Å². The van der Waals surface area contributed by atoms with Crippen molar-refractivity contribution in [2.45, 2.75) is 16.7 Å². The number of sulfone groups is 1. The van der Waals surface area contributed by atoms with Gasteiger partial charge < -0.3 is 4.74 Å². The summed E-state index contributed by atoms with van der Waals surface area (Å²) in [7, 11) is -6.57. The van der Waals surface area contributed by atoms with Gasteiger partial charge in [0.1, 0.15) is 5.75 Å². The van der Waals surface area contributed by atoms with Crippen LogP contribution >= 0.6 is 0 Å². The van der Waals surface area contributed by atoms with E-state index in [0.29, 0.717) is 5.75 Å². The Kier molecular flexibility index (Phi) is 5.08. The molecule has 23 heavy (non-hydrogen) atoms. The highest BCUT2D eigenvalue weighted by molar-refractivity contribution is 7.92. The second kappa shape index (κ2) is 6.69. The number of hydrogen-bond acceptors (Lipinski definition) is 6. The van der Waals surface area contributed by atoms with E-state index in [4.69, 9.17) is 4.74 Å². The van der Waals surface area contributed by atoms with Crippen LogP contribution in [0.3, 0.4) is 0 Å². The van der Waals surface area contributed by atoms with Crippen LogP contribution in [0.4, 0.5) is 0 Å². The zero-order chi connectivity index (χ0) is 17.1. The van der Waals surface area contributed by atoms with Crippen molar-refractivity contribution in [3.05, 3.63) is 54.1 Å². The first-order valence-corrected chi connectivity index (χ1v) is 9.63. The third kappa shape index (κ3) is 4.31. The van der Waals surface area contributed by atoms with E-state index in [2.05, 4.69) is 4.18 Å². The average Bonchev–Trinajstić information content (AvgIpc) is 2.54. The van der Waals surface area contributed by atoms with E-state index in [9.17, 15) is 16.8 Å². The molecule has 8 heteroatoms. The van der Waals surface area contributed by atoms with E-state index in [1.165, 1.54) is 43.5 Å². The lowest BCUT2D eigenvalue weighted by atomic mass is 10.2. The minimum absolute atomic E-state index is 0.0441. The Morgan fingerprint density at radius 1 is 0.826 bits per heavy atom. The molecule has 2 rings (SSSR count). The lowest BCUT2D eigenvalue weighted by Crippen LogP contribution is -2.15. The molecular formula is C15H16O6S2. The number of hydrogen-bond donors (Lipinski definition) is 0. The highest BCUT2D eigenvalue weighted by Crippen LogP contribution is 2.19. The highest BCUT2D eigenvalue weighted by Gasteiger charge is 2.22. The van der Waals surface area contributed by atoms with Crippen LogP contribution in [-0.4, -0.2) is 29.9 Å². The summed E-state index contributed by atoms with van der Waals surface area (Å²) < 4.78 is 57.9. The van der Waals surface area contributed by atoms with E-state index in [1.54, 1.807) is 12.1 Å². The number of ether oxygens (including phenoxy) is 1. The fourth-order valence-corrected chi connectivity index (χ4v) is 4.06. The molecule has 0 aromatic heterocycles. The fraction of sp³-hybridized carbons (Fsp3) is 0.200. The summed E-state index contributed by atoms with van der Waals surface area (Å²) in [6.07, 6.45) is 0. The van der Waals surface area contributed by atoms with Crippen molar-refractivity contribution in [2.75, 3.05) is 13.0 Å². The summed E-state index contributed by atoms with van der Waals surface area (Å²) in [6, 6.07) is 11.5. The number of rotatable bonds is 6. The monoisotopic (exact) mass is 356 g/mol. The van der Waals surface area contributed by atoms with Crippen molar-refractivity contribution >= 4 is 20.0 Å². The second-order valence-electron chi connectivity index (χ2n) is 4.79. The van der Waals surface area contributed by atoms with Crippen LogP contribution in [0.25, 0.3) is 0 Å². The van der Waals surface area contributed by atoms with Gasteiger partial charge in [-0.25, -0.2) is 12.6 Å². The lowest BCUT2D eigenvalue weighted by Gasteiger charge is -2.08. The second-order valence-corrected chi connectivity index (χ2v) is 8.35. The molecule has 0 aliphatic carbocycles. The van der Waals surface area contributed by atoms with Crippen LogP contribution in [0.5, 0.6) is 5.75 Å². The standard InChI is InChI=1S/C15H16O6S2/c1-12-3-7-15(8-4-12)23(18,19)21-11-22(16,17)14-9-5-13(20-2)6-10-14/h3-10H,11H2,1-2H3. The van der Waals surface area contributed by atoms with Gasteiger partial charge in [0.15, 0.2) is 5.94 Å². The molecule has 2 aromatic rings. The van der Waals surface area contributed by atoms with Crippen molar-refractivity contribution < 1.29 is 25.8 Å². The van der Waals surface area contributed by atoms with Gasteiger partial charge in [-0.2, -0.15) is 8.42 Å². The quantitative estimate of drug-likeness (QED) is 0.737. The molecule has 124 valence electrons.